The molecule has 4 heterocycles. The lowest BCUT2D eigenvalue weighted by atomic mass is 10.3. The fourth-order valence-electron chi connectivity index (χ4n) is 2.60. The zero-order chi connectivity index (χ0) is 18.3. The monoisotopic (exact) mass is 351 g/mol. The van der Waals surface area contributed by atoms with Gasteiger partial charge in [0.05, 0.1) is 18.0 Å². The highest BCUT2D eigenvalue weighted by Crippen LogP contribution is 2.21. The molecule has 0 fully saturated rings. The van der Waals surface area contributed by atoms with Crippen molar-refractivity contribution >= 4 is 23.0 Å². The van der Waals surface area contributed by atoms with Crippen LogP contribution in [-0.2, 0) is 0 Å². The molecule has 0 aliphatic rings. The standard InChI is InChI=1S/C17H17N7O2/c1-10(2)26-16-12(9-23-8-11(3)20-17(23)22-16)15(25)21-13-7-19-24-6-4-5-18-14(13)24/h4-10H,1-3H3,(H,21,25). The maximum absolute atomic E-state index is 12.9. The topological polar surface area (TPSA) is 98.7 Å². The van der Waals surface area contributed by atoms with Crippen molar-refractivity contribution in [1.29, 1.82) is 0 Å². The predicted molar refractivity (Wildman–Crippen MR) is 94.4 cm³/mol. The average molecular weight is 351 g/mol. The van der Waals surface area contributed by atoms with E-state index in [4.69, 9.17) is 4.74 Å². The number of amides is 1. The van der Waals surface area contributed by atoms with Gasteiger partial charge in [-0.25, -0.2) is 14.5 Å². The van der Waals surface area contributed by atoms with E-state index in [2.05, 4.69) is 25.4 Å². The lowest BCUT2D eigenvalue weighted by Gasteiger charge is -2.13. The summed E-state index contributed by atoms with van der Waals surface area (Å²) in [6, 6.07) is 1.76. The van der Waals surface area contributed by atoms with E-state index in [1.54, 1.807) is 46.0 Å². The number of nitrogens with one attached hydrogen (secondary N) is 1. The summed E-state index contributed by atoms with van der Waals surface area (Å²) in [7, 11) is 0. The molecular formula is C17H17N7O2. The molecule has 26 heavy (non-hydrogen) atoms. The zero-order valence-corrected chi connectivity index (χ0v) is 14.5. The average Bonchev–Trinajstić information content (AvgIpc) is 3.16. The molecule has 4 aromatic heterocycles. The number of fused-ring (bicyclic) bond motifs is 2. The van der Waals surface area contributed by atoms with Gasteiger partial charge in [-0.2, -0.15) is 10.1 Å². The number of anilines is 1. The number of aromatic nitrogens is 6. The van der Waals surface area contributed by atoms with Crippen LogP contribution in [0.2, 0.25) is 0 Å². The molecule has 9 heteroatoms. The van der Waals surface area contributed by atoms with E-state index in [1.165, 1.54) is 0 Å². The summed E-state index contributed by atoms with van der Waals surface area (Å²) in [5.41, 5.74) is 2.17. The van der Waals surface area contributed by atoms with Gasteiger partial charge in [-0.05, 0) is 26.8 Å². The van der Waals surface area contributed by atoms with Crippen LogP contribution in [0.3, 0.4) is 0 Å². The number of aryl methyl sites for hydroxylation is 1. The molecule has 132 valence electrons. The maximum atomic E-state index is 12.9. The molecule has 0 atom stereocenters. The van der Waals surface area contributed by atoms with Crippen molar-refractivity contribution in [2.45, 2.75) is 26.9 Å². The van der Waals surface area contributed by atoms with Crippen LogP contribution in [0.25, 0.3) is 11.4 Å². The van der Waals surface area contributed by atoms with Crippen LogP contribution in [0.4, 0.5) is 5.69 Å². The van der Waals surface area contributed by atoms with Crippen molar-refractivity contribution in [1.82, 2.24) is 29.0 Å². The van der Waals surface area contributed by atoms with Gasteiger partial charge in [-0.3, -0.25) is 9.20 Å². The highest BCUT2D eigenvalue weighted by molar-refractivity contribution is 6.07. The van der Waals surface area contributed by atoms with E-state index >= 15 is 0 Å². The number of carbonyl (C=O) groups is 1. The number of nitrogens with zero attached hydrogens (tertiary/aromatic N) is 6. The van der Waals surface area contributed by atoms with Crippen LogP contribution < -0.4 is 10.1 Å². The highest BCUT2D eigenvalue weighted by atomic mass is 16.5. The van der Waals surface area contributed by atoms with Crippen molar-refractivity contribution in [2.75, 3.05) is 5.32 Å². The van der Waals surface area contributed by atoms with Crippen molar-refractivity contribution in [3.05, 3.63) is 48.3 Å². The Morgan fingerprint density at radius 3 is 2.92 bits per heavy atom. The van der Waals surface area contributed by atoms with E-state index in [0.29, 0.717) is 22.7 Å². The van der Waals surface area contributed by atoms with E-state index in [9.17, 15) is 4.79 Å². The van der Waals surface area contributed by atoms with Crippen molar-refractivity contribution < 1.29 is 9.53 Å². The minimum Gasteiger partial charge on any atom is -0.474 e. The van der Waals surface area contributed by atoms with Crippen molar-refractivity contribution in [3.63, 3.8) is 0 Å². The molecule has 0 spiro atoms. The normalized spacial score (nSPS) is 11.4. The SMILES string of the molecule is Cc1cn2cc(C(=O)Nc3cnn4cccnc34)c(OC(C)C)nc2n1. The molecule has 1 amide bonds. The lowest BCUT2D eigenvalue weighted by Crippen LogP contribution is -2.18. The predicted octanol–water partition coefficient (Wildman–Crippen LogP) is 2.12. The largest absolute Gasteiger partial charge is 0.474 e. The first kappa shape index (κ1) is 16.0. The van der Waals surface area contributed by atoms with Crippen LogP contribution >= 0.6 is 0 Å². The van der Waals surface area contributed by atoms with Gasteiger partial charge in [-0.15, -0.1) is 0 Å². The van der Waals surface area contributed by atoms with E-state index < -0.39 is 0 Å². The summed E-state index contributed by atoms with van der Waals surface area (Å²) >= 11 is 0. The summed E-state index contributed by atoms with van der Waals surface area (Å²) in [6.45, 7) is 5.61. The Morgan fingerprint density at radius 2 is 2.12 bits per heavy atom. The van der Waals surface area contributed by atoms with Crippen LogP contribution in [0.1, 0.15) is 29.9 Å². The summed E-state index contributed by atoms with van der Waals surface area (Å²) in [6.07, 6.45) is 8.28. The summed E-state index contributed by atoms with van der Waals surface area (Å²) in [5.74, 6) is 0.356. The van der Waals surface area contributed by atoms with Gasteiger partial charge >= 0.3 is 0 Å². The lowest BCUT2D eigenvalue weighted by molar-refractivity contribution is 0.101. The molecule has 4 rings (SSSR count). The maximum Gasteiger partial charge on any atom is 0.262 e. The quantitative estimate of drug-likeness (QED) is 0.605. The number of ether oxygens (including phenoxy) is 1. The first-order valence-electron chi connectivity index (χ1n) is 8.14. The molecule has 0 radical (unpaired) electrons. The fourth-order valence-corrected chi connectivity index (χ4v) is 2.60. The van der Waals surface area contributed by atoms with Crippen molar-refractivity contribution in [3.8, 4) is 5.88 Å². The molecule has 0 saturated heterocycles. The van der Waals surface area contributed by atoms with Crippen molar-refractivity contribution in [2.24, 2.45) is 0 Å². The highest BCUT2D eigenvalue weighted by Gasteiger charge is 2.19. The minimum absolute atomic E-state index is 0.133. The number of rotatable bonds is 4. The van der Waals surface area contributed by atoms with Gasteiger partial charge in [0.1, 0.15) is 11.3 Å². The smallest absolute Gasteiger partial charge is 0.262 e. The Kier molecular flexibility index (Phi) is 3.76. The van der Waals surface area contributed by atoms with Gasteiger partial charge in [0.15, 0.2) is 5.65 Å². The second-order valence-corrected chi connectivity index (χ2v) is 6.12. The van der Waals surface area contributed by atoms with Crippen LogP contribution in [-0.4, -0.2) is 41.0 Å². The van der Waals surface area contributed by atoms with E-state index in [0.717, 1.165) is 5.69 Å². The Labute approximate surface area is 148 Å². The molecule has 0 aliphatic carbocycles. The fraction of sp³-hybridized carbons (Fsp3) is 0.235. The van der Waals surface area contributed by atoms with Crippen LogP contribution in [0.5, 0.6) is 5.88 Å². The third-order valence-electron chi connectivity index (χ3n) is 3.65. The Bertz CT molecular complexity index is 1110. The number of hydrogen-bond acceptors (Lipinski definition) is 6. The van der Waals surface area contributed by atoms with Crippen LogP contribution in [0.15, 0.2) is 37.1 Å². The number of imidazole rings is 1. The van der Waals surface area contributed by atoms with E-state index in [1.807, 2.05) is 20.8 Å². The van der Waals surface area contributed by atoms with Gasteiger partial charge in [0.25, 0.3) is 5.91 Å². The molecule has 0 bridgehead atoms. The molecule has 4 aromatic rings. The first-order valence-corrected chi connectivity index (χ1v) is 8.14. The Balaban J connectivity index is 1.75. The molecule has 0 aromatic carbocycles. The summed E-state index contributed by atoms with van der Waals surface area (Å²) < 4.78 is 9.01. The number of carbonyl (C=O) groups excluding carboxylic acids is 1. The second kappa shape index (κ2) is 6.10. The van der Waals surface area contributed by atoms with Crippen LogP contribution in [0, 0.1) is 6.92 Å². The molecule has 0 aliphatic heterocycles. The third-order valence-corrected chi connectivity index (χ3v) is 3.65. The first-order chi connectivity index (χ1) is 12.5. The minimum atomic E-state index is -0.359. The number of hydrogen-bond donors (Lipinski definition) is 1. The summed E-state index contributed by atoms with van der Waals surface area (Å²) in [4.78, 5) is 25.8. The van der Waals surface area contributed by atoms with Gasteiger partial charge in [-0.1, -0.05) is 0 Å². The molecule has 0 saturated carbocycles. The molecular weight excluding hydrogens is 334 g/mol. The van der Waals surface area contributed by atoms with Gasteiger partial charge < -0.3 is 10.1 Å². The third kappa shape index (κ3) is 2.83. The zero-order valence-electron chi connectivity index (χ0n) is 14.5. The van der Waals surface area contributed by atoms with Gasteiger partial charge in [0, 0.05) is 24.8 Å². The van der Waals surface area contributed by atoms with Gasteiger partial charge in [0.2, 0.25) is 11.7 Å². The Morgan fingerprint density at radius 1 is 1.27 bits per heavy atom. The molecule has 1 N–H and O–H groups in total. The molecule has 0 unspecified atom stereocenters. The summed E-state index contributed by atoms with van der Waals surface area (Å²) in [5, 5.41) is 6.99. The van der Waals surface area contributed by atoms with E-state index in [-0.39, 0.29) is 17.9 Å². The Hall–Kier alpha value is -3.49. The molecule has 9 nitrogen and oxygen atoms in total. The second-order valence-electron chi connectivity index (χ2n) is 6.12.